The zero-order valence-corrected chi connectivity index (χ0v) is 15.8. The predicted octanol–water partition coefficient (Wildman–Crippen LogP) is 2.30. The first-order valence-corrected chi connectivity index (χ1v) is 10.1. The molecule has 0 saturated carbocycles. The molecule has 8 heteroatoms. The lowest BCUT2D eigenvalue weighted by molar-refractivity contribution is 0.0661. The van der Waals surface area contributed by atoms with E-state index in [0.717, 1.165) is 75.3 Å². The summed E-state index contributed by atoms with van der Waals surface area (Å²) >= 11 is 0. The van der Waals surface area contributed by atoms with Gasteiger partial charge in [0.2, 0.25) is 5.95 Å². The third kappa shape index (κ3) is 3.27. The summed E-state index contributed by atoms with van der Waals surface area (Å²) in [6.07, 6.45) is 6.37. The summed E-state index contributed by atoms with van der Waals surface area (Å²) in [5.74, 6) is 1.30. The zero-order valence-electron chi connectivity index (χ0n) is 15.8. The van der Waals surface area contributed by atoms with E-state index in [0.29, 0.717) is 23.4 Å². The molecule has 5 rings (SSSR count). The second kappa shape index (κ2) is 7.52. The molecule has 8 nitrogen and oxygen atoms in total. The number of rotatable bonds is 4. The molecular weight excluding hydrogens is 358 g/mol. The third-order valence-electron chi connectivity index (χ3n) is 5.94. The lowest BCUT2D eigenvalue weighted by atomic mass is 9.87. The number of hydrogen-bond donors (Lipinski definition) is 2. The van der Waals surface area contributed by atoms with E-state index in [1.807, 2.05) is 12.1 Å². The molecule has 2 saturated heterocycles. The normalized spacial score (nSPS) is 19.4. The molecule has 0 aromatic carbocycles. The maximum absolute atomic E-state index is 13.4. The Morgan fingerprint density at radius 3 is 2.61 bits per heavy atom. The Bertz CT molecular complexity index is 975. The van der Waals surface area contributed by atoms with Crippen LogP contribution in [0.4, 0.5) is 0 Å². The second-order valence-electron chi connectivity index (χ2n) is 7.73. The van der Waals surface area contributed by atoms with Crippen molar-refractivity contribution in [2.24, 2.45) is 5.92 Å². The molecule has 0 bridgehead atoms. The highest BCUT2D eigenvalue weighted by molar-refractivity contribution is 5.71. The van der Waals surface area contributed by atoms with Gasteiger partial charge in [-0.15, -0.1) is 0 Å². The Balaban J connectivity index is 1.56. The van der Waals surface area contributed by atoms with Gasteiger partial charge >= 0.3 is 0 Å². The first-order chi connectivity index (χ1) is 13.8. The van der Waals surface area contributed by atoms with Crippen LogP contribution < -0.4 is 5.56 Å². The summed E-state index contributed by atoms with van der Waals surface area (Å²) in [5.41, 5.74) is 3.36. The van der Waals surface area contributed by atoms with E-state index >= 15 is 0 Å². The van der Waals surface area contributed by atoms with Crippen molar-refractivity contribution < 1.29 is 9.47 Å². The Morgan fingerprint density at radius 1 is 1.11 bits per heavy atom. The van der Waals surface area contributed by atoms with Crippen LogP contribution in [0.2, 0.25) is 0 Å². The van der Waals surface area contributed by atoms with Crippen molar-refractivity contribution >= 4 is 11.2 Å². The fourth-order valence-electron chi connectivity index (χ4n) is 4.34. The molecule has 5 heterocycles. The fraction of sp³-hybridized carbons (Fsp3) is 0.550. The van der Waals surface area contributed by atoms with Gasteiger partial charge in [-0.25, -0.2) is 4.98 Å². The number of ether oxygens (including phenoxy) is 2. The van der Waals surface area contributed by atoms with Crippen molar-refractivity contribution in [2.75, 3.05) is 26.4 Å². The van der Waals surface area contributed by atoms with E-state index in [-0.39, 0.29) is 5.56 Å². The molecule has 28 heavy (non-hydrogen) atoms. The van der Waals surface area contributed by atoms with Gasteiger partial charge in [-0.05, 0) is 50.2 Å². The molecule has 2 aliphatic rings. The van der Waals surface area contributed by atoms with Gasteiger partial charge in [0.25, 0.3) is 5.56 Å². The first kappa shape index (κ1) is 17.6. The lowest BCUT2D eigenvalue weighted by Gasteiger charge is -2.24. The third-order valence-corrected chi connectivity index (χ3v) is 5.94. The molecule has 3 aromatic heterocycles. The van der Waals surface area contributed by atoms with Crippen molar-refractivity contribution in [3.63, 3.8) is 0 Å². The number of nitrogens with zero attached hydrogens (tertiary/aromatic N) is 3. The van der Waals surface area contributed by atoms with Gasteiger partial charge in [-0.1, -0.05) is 0 Å². The van der Waals surface area contributed by atoms with Crippen LogP contribution in [-0.2, 0) is 15.9 Å². The van der Waals surface area contributed by atoms with E-state index in [4.69, 9.17) is 9.47 Å². The largest absolute Gasteiger partial charge is 0.381 e. The highest BCUT2D eigenvalue weighted by Gasteiger charge is 2.27. The number of pyridine rings is 1. The average molecular weight is 383 g/mol. The van der Waals surface area contributed by atoms with Crippen LogP contribution in [-0.4, -0.2) is 51.2 Å². The number of aromatic nitrogens is 5. The van der Waals surface area contributed by atoms with Crippen molar-refractivity contribution in [3.05, 3.63) is 39.9 Å². The molecule has 148 valence electrons. The van der Waals surface area contributed by atoms with Crippen LogP contribution in [0.3, 0.4) is 0 Å². The smallest absolute Gasteiger partial charge is 0.277 e. The molecule has 0 amide bonds. The van der Waals surface area contributed by atoms with Gasteiger partial charge < -0.3 is 14.5 Å². The zero-order chi connectivity index (χ0) is 18.9. The molecule has 2 aliphatic heterocycles. The first-order valence-electron chi connectivity index (χ1n) is 10.1. The van der Waals surface area contributed by atoms with Gasteiger partial charge in [0.15, 0.2) is 5.65 Å². The quantitative estimate of drug-likeness (QED) is 0.720. The van der Waals surface area contributed by atoms with Crippen LogP contribution in [0, 0.1) is 5.92 Å². The maximum atomic E-state index is 13.4. The number of hydrogen-bond acceptors (Lipinski definition) is 5. The molecule has 2 N–H and O–H groups in total. The molecule has 0 unspecified atom stereocenters. The Hall–Kier alpha value is -2.45. The van der Waals surface area contributed by atoms with Gasteiger partial charge in [-0.2, -0.15) is 9.67 Å². The number of imidazole rings is 1. The summed E-state index contributed by atoms with van der Waals surface area (Å²) in [6, 6.07) is 3.76. The summed E-state index contributed by atoms with van der Waals surface area (Å²) in [4.78, 5) is 25.4. The number of fused-ring (bicyclic) bond motifs is 1. The van der Waals surface area contributed by atoms with E-state index in [1.54, 1.807) is 10.9 Å². The fourth-order valence-corrected chi connectivity index (χ4v) is 4.34. The highest BCUT2D eigenvalue weighted by atomic mass is 16.5. The predicted molar refractivity (Wildman–Crippen MR) is 104 cm³/mol. The highest BCUT2D eigenvalue weighted by Crippen LogP contribution is 2.30. The van der Waals surface area contributed by atoms with Gasteiger partial charge in [-0.3, -0.25) is 9.89 Å². The van der Waals surface area contributed by atoms with Crippen LogP contribution in [0.25, 0.3) is 17.1 Å². The van der Waals surface area contributed by atoms with Crippen molar-refractivity contribution in [1.29, 1.82) is 0 Å². The number of nitrogens with one attached hydrogen (secondary N) is 2. The van der Waals surface area contributed by atoms with Gasteiger partial charge in [0.1, 0.15) is 0 Å². The van der Waals surface area contributed by atoms with E-state index < -0.39 is 0 Å². The molecule has 0 aliphatic carbocycles. The minimum Gasteiger partial charge on any atom is -0.381 e. The summed E-state index contributed by atoms with van der Waals surface area (Å²) in [7, 11) is 0. The van der Waals surface area contributed by atoms with Crippen molar-refractivity contribution in [2.45, 2.75) is 38.0 Å². The van der Waals surface area contributed by atoms with Crippen LogP contribution >= 0.6 is 0 Å². The summed E-state index contributed by atoms with van der Waals surface area (Å²) in [6.45, 7) is 3.04. The van der Waals surface area contributed by atoms with Crippen molar-refractivity contribution in [3.8, 4) is 5.95 Å². The standard InChI is InChI=1S/C20H25N5O3/c26-19-15(12-13-3-8-27-9-4-13)17(14-5-10-28-11-6-14)24-25(19)20-22-16-2-1-7-21-18(16)23-20/h1-2,7,13-14,24H,3-6,8-12H2,(H,21,22,23). The van der Waals surface area contributed by atoms with E-state index in [9.17, 15) is 4.79 Å². The maximum Gasteiger partial charge on any atom is 0.277 e. The second-order valence-corrected chi connectivity index (χ2v) is 7.73. The molecule has 0 spiro atoms. The minimum atomic E-state index is -0.00737. The Morgan fingerprint density at radius 2 is 1.86 bits per heavy atom. The summed E-state index contributed by atoms with van der Waals surface area (Å²) in [5, 5.41) is 3.38. The molecule has 3 aromatic rings. The summed E-state index contributed by atoms with van der Waals surface area (Å²) < 4.78 is 12.6. The van der Waals surface area contributed by atoms with Gasteiger partial charge in [0.05, 0.1) is 5.52 Å². The topological polar surface area (TPSA) is 97.8 Å². The number of aromatic amines is 2. The van der Waals surface area contributed by atoms with Crippen LogP contribution in [0.5, 0.6) is 0 Å². The van der Waals surface area contributed by atoms with Crippen LogP contribution in [0.1, 0.15) is 42.9 Å². The minimum absolute atomic E-state index is 0.00737. The average Bonchev–Trinajstić information content (AvgIpc) is 3.31. The number of H-pyrrole nitrogens is 2. The molecule has 0 atom stereocenters. The van der Waals surface area contributed by atoms with Gasteiger partial charge in [0, 0.05) is 49.8 Å². The monoisotopic (exact) mass is 383 g/mol. The molecule has 0 radical (unpaired) electrons. The molecule has 2 fully saturated rings. The molecular formula is C20H25N5O3. The van der Waals surface area contributed by atoms with E-state index in [2.05, 4.69) is 20.1 Å². The Kier molecular flexibility index (Phi) is 4.74. The Labute approximate surface area is 162 Å². The lowest BCUT2D eigenvalue weighted by Crippen LogP contribution is -2.24. The van der Waals surface area contributed by atoms with Crippen LogP contribution in [0.15, 0.2) is 23.1 Å². The van der Waals surface area contributed by atoms with E-state index in [1.165, 1.54) is 0 Å². The SMILES string of the molecule is O=c1c(CC2CCOCC2)c(C2CCOCC2)[nH]n1-c1nc2ncccc2[nH]1. The van der Waals surface area contributed by atoms with Crippen molar-refractivity contribution in [1.82, 2.24) is 24.7 Å².